The Morgan fingerprint density at radius 1 is 0.926 bits per heavy atom. The smallest absolute Gasteiger partial charge is 0.416 e. The summed E-state index contributed by atoms with van der Waals surface area (Å²) in [6.07, 6.45) is -4.62. The van der Waals surface area contributed by atoms with E-state index in [0.717, 1.165) is 12.1 Å². The maximum Gasteiger partial charge on any atom is 0.416 e. The molecule has 2 rings (SSSR count). The van der Waals surface area contributed by atoms with Gasteiger partial charge in [-0.25, -0.2) is 8.42 Å². The Morgan fingerprint density at radius 2 is 1.52 bits per heavy atom. The number of ether oxygens (including phenoxy) is 2. The number of aryl methyl sites for hydroxylation is 1. The van der Waals surface area contributed by atoms with Crippen LogP contribution in [-0.2, 0) is 16.2 Å². The minimum absolute atomic E-state index is 0.0136. The van der Waals surface area contributed by atoms with E-state index in [0.29, 0.717) is 28.5 Å². The number of nitrogens with one attached hydrogen (secondary N) is 1. The number of benzene rings is 2. The van der Waals surface area contributed by atoms with Gasteiger partial charge in [0.05, 0.1) is 30.4 Å². The van der Waals surface area contributed by atoms with Crippen LogP contribution in [0, 0.1) is 20.8 Å². The largest absolute Gasteiger partial charge is 0.496 e. The third-order valence-corrected chi connectivity index (χ3v) is 5.89. The average Bonchev–Trinajstić information content (AvgIpc) is 2.56. The SMILES string of the molecule is COc1ccc(C(F)(F)F)cc1NS(=O)(=O)c1c(C)cc(OC)c(C)c1C. The molecular weight excluding hydrogens is 383 g/mol. The fourth-order valence-corrected chi connectivity index (χ4v) is 4.40. The van der Waals surface area contributed by atoms with Gasteiger partial charge in [0.2, 0.25) is 0 Å². The van der Waals surface area contributed by atoms with E-state index >= 15 is 0 Å². The van der Waals surface area contributed by atoms with E-state index in [1.807, 2.05) is 0 Å². The first-order chi connectivity index (χ1) is 12.4. The van der Waals surface area contributed by atoms with Crippen molar-refractivity contribution in [2.75, 3.05) is 18.9 Å². The zero-order valence-electron chi connectivity index (χ0n) is 15.5. The summed E-state index contributed by atoms with van der Waals surface area (Å²) in [4.78, 5) is -0.0136. The molecule has 0 aliphatic carbocycles. The summed E-state index contributed by atoms with van der Waals surface area (Å²) in [5.74, 6) is 0.507. The van der Waals surface area contributed by atoms with Gasteiger partial charge in [0.1, 0.15) is 11.5 Å². The molecule has 0 aliphatic rings. The van der Waals surface area contributed by atoms with E-state index in [-0.39, 0.29) is 16.3 Å². The highest BCUT2D eigenvalue weighted by Crippen LogP contribution is 2.37. The molecule has 0 unspecified atom stereocenters. The third-order valence-electron chi connectivity index (χ3n) is 4.24. The summed E-state index contributed by atoms with van der Waals surface area (Å²) in [5, 5.41) is 0. The van der Waals surface area contributed by atoms with E-state index < -0.39 is 21.8 Å². The van der Waals surface area contributed by atoms with Gasteiger partial charge in [0.25, 0.3) is 10.0 Å². The molecule has 0 atom stereocenters. The second-order valence-electron chi connectivity index (χ2n) is 5.99. The maximum atomic E-state index is 13.0. The molecular formula is C18H20F3NO4S. The molecule has 0 radical (unpaired) electrons. The lowest BCUT2D eigenvalue weighted by Crippen LogP contribution is -2.18. The monoisotopic (exact) mass is 403 g/mol. The lowest BCUT2D eigenvalue weighted by molar-refractivity contribution is -0.137. The van der Waals surface area contributed by atoms with E-state index in [9.17, 15) is 21.6 Å². The van der Waals surface area contributed by atoms with Gasteiger partial charge >= 0.3 is 6.18 Å². The molecule has 27 heavy (non-hydrogen) atoms. The second-order valence-corrected chi connectivity index (χ2v) is 7.61. The van der Waals surface area contributed by atoms with Crippen molar-refractivity contribution in [3.8, 4) is 11.5 Å². The molecule has 0 bridgehead atoms. The van der Waals surface area contributed by atoms with E-state index in [2.05, 4.69) is 4.72 Å². The number of hydrogen-bond acceptors (Lipinski definition) is 4. The molecule has 9 heteroatoms. The Bertz CT molecular complexity index is 970. The Labute approximate surface area is 156 Å². The van der Waals surface area contributed by atoms with Crippen molar-refractivity contribution in [2.45, 2.75) is 31.8 Å². The average molecular weight is 403 g/mol. The number of alkyl halides is 3. The maximum absolute atomic E-state index is 13.0. The molecule has 0 saturated carbocycles. The first kappa shape index (κ1) is 20.9. The van der Waals surface area contributed by atoms with Crippen LogP contribution in [0.3, 0.4) is 0 Å². The van der Waals surface area contributed by atoms with Gasteiger partial charge in [-0.15, -0.1) is 0 Å². The Morgan fingerprint density at radius 3 is 2.04 bits per heavy atom. The summed E-state index contributed by atoms with van der Waals surface area (Å²) in [7, 11) is -1.45. The molecule has 0 heterocycles. The number of rotatable bonds is 5. The molecule has 2 aromatic carbocycles. The molecule has 0 saturated heterocycles. The number of halogens is 3. The minimum Gasteiger partial charge on any atom is -0.496 e. The van der Waals surface area contributed by atoms with Crippen LogP contribution in [0.2, 0.25) is 0 Å². The predicted molar refractivity (Wildman–Crippen MR) is 96.0 cm³/mol. The van der Waals surface area contributed by atoms with Crippen molar-refractivity contribution in [2.24, 2.45) is 0 Å². The summed E-state index contributed by atoms with van der Waals surface area (Å²) < 4.78 is 77.3. The van der Waals surface area contributed by atoms with Crippen molar-refractivity contribution in [1.29, 1.82) is 0 Å². The van der Waals surface area contributed by atoms with Crippen molar-refractivity contribution < 1.29 is 31.1 Å². The predicted octanol–water partition coefficient (Wildman–Crippen LogP) is 4.45. The van der Waals surface area contributed by atoms with Gasteiger partial charge in [-0.05, 0) is 61.7 Å². The number of methoxy groups -OCH3 is 2. The molecule has 148 valence electrons. The Hall–Kier alpha value is -2.42. The van der Waals surface area contributed by atoms with E-state index in [1.54, 1.807) is 26.8 Å². The summed E-state index contributed by atoms with van der Waals surface area (Å²) >= 11 is 0. The fourth-order valence-electron chi connectivity index (χ4n) is 2.81. The third kappa shape index (κ3) is 4.13. The summed E-state index contributed by atoms with van der Waals surface area (Å²) in [5.41, 5.74) is 0.207. The molecule has 1 N–H and O–H groups in total. The zero-order valence-corrected chi connectivity index (χ0v) is 16.3. The molecule has 5 nitrogen and oxygen atoms in total. The van der Waals surface area contributed by atoms with Crippen LogP contribution in [0.25, 0.3) is 0 Å². The van der Waals surface area contributed by atoms with Crippen molar-refractivity contribution in [3.63, 3.8) is 0 Å². The van der Waals surface area contributed by atoms with E-state index in [4.69, 9.17) is 9.47 Å². The molecule has 0 aliphatic heterocycles. The highest BCUT2D eigenvalue weighted by Gasteiger charge is 2.32. The summed E-state index contributed by atoms with van der Waals surface area (Å²) in [6, 6.07) is 4.17. The molecule has 0 fully saturated rings. The van der Waals surface area contributed by atoms with Gasteiger partial charge in [-0.3, -0.25) is 4.72 Å². The molecule has 0 aromatic heterocycles. The number of sulfonamides is 1. The van der Waals surface area contributed by atoms with Gasteiger partial charge in [0, 0.05) is 0 Å². The quantitative estimate of drug-likeness (QED) is 0.801. The van der Waals surface area contributed by atoms with E-state index in [1.165, 1.54) is 14.2 Å². The normalized spacial score (nSPS) is 12.0. The highest BCUT2D eigenvalue weighted by molar-refractivity contribution is 7.92. The van der Waals surface area contributed by atoms with Crippen LogP contribution in [0.15, 0.2) is 29.2 Å². The number of anilines is 1. The number of hydrogen-bond donors (Lipinski definition) is 1. The van der Waals surface area contributed by atoms with Crippen LogP contribution < -0.4 is 14.2 Å². The van der Waals surface area contributed by atoms with Crippen molar-refractivity contribution in [1.82, 2.24) is 0 Å². The summed E-state index contributed by atoms with van der Waals surface area (Å²) in [6.45, 7) is 4.91. The van der Waals surface area contributed by atoms with Crippen LogP contribution in [0.5, 0.6) is 11.5 Å². The lowest BCUT2D eigenvalue weighted by Gasteiger charge is -2.19. The molecule has 0 spiro atoms. The first-order valence-electron chi connectivity index (χ1n) is 7.85. The van der Waals surface area contributed by atoms with Crippen LogP contribution in [0.1, 0.15) is 22.3 Å². The van der Waals surface area contributed by atoms with Crippen LogP contribution in [0.4, 0.5) is 18.9 Å². The van der Waals surface area contributed by atoms with Crippen molar-refractivity contribution >= 4 is 15.7 Å². The topological polar surface area (TPSA) is 64.6 Å². The van der Waals surface area contributed by atoms with Crippen molar-refractivity contribution in [3.05, 3.63) is 46.5 Å². The highest BCUT2D eigenvalue weighted by atomic mass is 32.2. The molecule has 0 amide bonds. The van der Waals surface area contributed by atoms with Gasteiger partial charge in [0.15, 0.2) is 0 Å². The van der Waals surface area contributed by atoms with Crippen LogP contribution in [-0.4, -0.2) is 22.6 Å². The van der Waals surface area contributed by atoms with Gasteiger partial charge < -0.3 is 9.47 Å². The Balaban J connectivity index is 2.59. The fraction of sp³-hybridized carbons (Fsp3) is 0.333. The lowest BCUT2D eigenvalue weighted by atomic mass is 10.1. The first-order valence-corrected chi connectivity index (χ1v) is 9.33. The zero-order chi connectivity index (χ0) is 20.6. The van der Waals surface area contributed by atoms with Crippen LogP contribution >= 0.6 is 0 Å². The minimum atomic E-state index is -4.62. The van der Waals surface area contributed by atoms with Gasteiger partial charge in [-0.1, -0.05) is 0 Å². The Kier molecular flexibility index (Phi) is 5.65. The second kappa shape index (κ2) is 7.30. The molecule has 2 aromatic rings. The standard InChI is InChI=1S/C18H20F3NO4S/c1-10-8-16(26-5)11(2)12(3)17(10)27(23,24)22-14-9-13(18(19,20)21)6-7-15(14)25-4/h6-9,22H,1-5H3. The van der Waals surface area contributed by atoms with Gasteiger partial charge in [-0.2, -0.15) is 13.2 Å².